The van der Waals surface area contributed by atoms with Crippen molar-refractivity contribution < 1.29 is 23.1 Å². The lowest BCUT2D eigenvalue weighted by atomic mass is 9.69. The summed E-state index contributed by atoms with van der Waals surface area (Å²) in [6.07, 6.45) is 1.53. The van der Waals surface area contributed by atoms with Gasteiger partial charge in [0.2, 0.25) is 21.9 Å². The predicted molar refractivity (Wildman–Crippen MR) is 190 cm³/mol. The average Bonchev–Trinajstić information content (AvgIpc) is 3.70. The van der Waals surface area contributed by atoms with Crippen molar-refractivity contribution in [2.24, 2.45) is 11.3 Å². The molecule has 2 aromatic heterocycles. The quantitative estimate of drug-likeness (QED) is 0.195. The van der Waals surface area contributed by atoms with E-state index >= 15 is 0 Å². The summed E-state index contributed by atoms with van der Waals surface area (Å²) in [7, 11) is -3.79. The maximum absolute atomic E-state index is 14.3. The summed E-state index contributed by atoms with van der Waals surface area (Å²) in [5.41, 5.74) is 5.49. The number of nitrogens with one attached hydrogen (secondary N) is 1. The van der Waals surface area contributed by atoms with E-state index in [1.807, 2.05) is 81.8 Å². The van der Waals surface area contributed by atoms with Gasteiger partial charge in [-0.25, -0.2) is 17.8 Å². The highest BCUT2D eigenvalue weighted by Gasteiger charge is 2.41. The van der Waals surface area contributed by atoms with Gasteiger partial charge in [-0.2, -0.15) is 4.31 Å². The van der Waals surface area contributed by atoms with Crippen molar-refractivity contribution in [3.8, 4) is 0 Å². The number of tetrazole rings is 1. The lowest BCUT2D eigenvalue weighted by molar-refractivity contribution is -0.138. The Labute approximate surface area is 296 Å². The number of hydrogen-bond donors (Lipinski definition) is 2. The van der Waals surface area contributed by atoms with E-state index in [0.29, 0.717) is 29.9 Å². The molecular formula is C36H43N9O5S. The number of carboxylic acid groups (broad SMARTS) is 1. The van der Waals surface area contributed by atoms with Crippen LogP contribution in [-0.2, 0) is 45.7 Å². The topological polar surface area (TPSA) is 178 Å². The molecule has 0 fully saturated rings. The number of carbonyl (C=O) groups excluding carboxylic acids is 1. The van der Waals surface area contributed by atoms with Gasteiger partial charge in [-0.1, -0.05) is 80.0 Å². The number of sulfonamides is 1. The largest absolute Gasteiger partial charge is 0.480 e. The van der Waals surface area contributed by atoms with Gasteiger partial charge in [0.15, 0.2) is 0 Å². The van der Waals surface area contributed by atoms with Gasteiger partial charge in [-0.3, -0.25) is 14.9 Å². The van der Waals surface area contributed by atoms with Crippen LogP contribution in [-0.4, -0.2) is 71.5 Å². The molecule has 1 aliphatic heterocycles. The van der Waals surface area contributed by atoms with Crippen LogP contribution in [0.15, 0.2) is 59.5 Å². The molecule has 268 valence electrons. The van der Waals surface area contributed by atoms with Gasteiger partial charge in [0.05, 0.1) is 15.8 Å². The van der Waals surface area contributed by atoms with E-state index in [2.05, 4.69) is 38.1 Å². The number of benzene rings is 3. The van der Waals surface area contributed by atoms with Gasteiger partial charge in [-0.15, -0.1) is 5.10 Å². The minimum atomic E-state index is -3.79. The third-order valence-electron chi connectivity index (χ3n) is 10.1. The number of nitrogens with zero attached hydrogens (tertiary/aromatic N) is 8. The van der Waals surface area contributed by atoms with Crippen LogP contribution in [0.25, 0.3) is 11.0 Å². The van der Waals surface area contributed by atoms with E-state index in [0.717, 1.165) is 50.0 Å². The van der Waals surface area contributed by atoms with Crippen LogP contribution in [0, 0.1) is 25.2 Å². The number of rotatable bonds is 11. The molecule has 0 aliphatic carbocycles. The molecule has 14 nitrogen and oxygen atoms in total. The summed E-state index contributed by atoms with van der Waals surface area (Å²) >= 11 is 0. The van der Waals surface area contributed by atoms with E-state index < -0.39 is 39.8 Å². The van der Waals surface area contributed by atoms with Gasteiger partial charge in [0, 0.05) is 25.6 Å². The van der Waals surface area contributed by atoms with Gasteiger partial charge >= 0.3 is 5.97 Å². The Morgan fingerprint density at radius 1 is 1.02 bits per heavy atom. The molecule has 2 N–H and O–H groups in total. The highest BCUT2D eigenvalue weighted by Crippen LogP contribution is 2.45. The van der Waals surface area contributed by atoms with Crippen molar-refractivity contribution in [2.75, 3.05) is 11.9 Å². The summed E-state index contributed by atoms with van der Waals surface area (Å²) in [4.78, 5) is 26.0. The average molecular weight is 714 g/mol. The lowest BCUT2D eigenvalue weighted by Gasteiger charge is -2.35. The van der Waals surface area contributed by atoms with Gasteiger partial charge in [0.25, 0.3) is 0 Å². The van der Waals surface area contributed by atoms with Gasteiger partial charge in [-0.05, 0) is 89.1 Å². The maximum Gasteiger partial charge on any atom is 0.325 e. The first kappa shape index (κ1) is 35.8. The normalized spacial score (nSPS) is 16.8. The molecule has 0 radical (unpaired) electrons. The monoisotopic (exact) mass is 713 g/mol. The molecule has 0 saturated heterocycles. The fraction of sp³-hybridized carbons (Fsp3) is 0.417. The Hall–Kier alpha value is -5.02. The number of carboxylic acids is 1. The Kier molecular flexibility index (Phi) is 9.79. The van der Waals surface area contributed by atoms with Crippen LogP contribution in [0.3, 0.4) is 0 Å². The zero-order valence-electron chi connectivity index (χ0n) is 29.7. The summed E-state index contributed by atoms with van der Waals surface area (Å²) in [6.45, 7) is 12.3. The predicted octanol–water partition coefficient (Wildman–Crippen LogP) is 4.71. The maximum atomic E-state index is 14.3. The first-order chi connectivity index (χ1) is 24.3. The summed E-state index contributed by atoms with van der Waals surface area (Å²) in [6, 6.07) is 17.1. The standard InChI is InChI=1S/C36H43N9O5S/c1-7-24-17-25-11-9-10-12-30(25)51(49,50)43(19-24)20-27-18-26(14-13-22(27)3)32(28-15-16-29-33(23(28)4)38-41-44(29)8-2)36(5,6)34(48)37-35-39-40-42-45(35)21-31(46)47/h9-16,18,24,32H,7-8,17,19-21H2,1-6H3,(H,46,47)(H,37,39,42,48)/t24-,32-/m0/s1. The molecule has 1 amide bonds. The third kappa shape index (κ3) is 6.75. The summed E-state index contributed by atoms with van der Waals surface area (Å²) < 4.78 is 32.7. The summed E-state index contributed by atoms with van der Waals surface area (Å²) in [5.74, 6) is -2.10. The molecule has 0 saturated carbocycles. The Morgan fingerprint density at radius 2 is 1.78 bits per heavy atom. The smallest absolute Gasteiger partial charge is 0.325 e. The van der Waals surface area contributed by atoms with E-state index in [1.54, 1.807) is 16.4 Å². The van der Waals surface area contributed by atoms with Gasteiger partial charge in [0.1, 0.15) is 12.1 Å². The van der Waals surface area contributed by atoms with Crippen LogP contribution in [0.4, 0.5) is 5.95 Å². The number of fused-ring (bicyclic) bond motifs is 2. The number of aryl methyl sites for hydroxylation is 3. The molecule has 0 bridgehead atoms. The first-order valence-electron chi connectivity index (χ1n) is 17.1. The highest BCUT2D eigenvalue weighted by molar-refractivity contribution is 7.89. The zero-order chi connectivity index (χ0) is 36.7. The van der Waals surface area contributed by atoms with Crippen molar-refractivity contribution in [3.05, 3.63) is 88.0 Å². The second-order valence-corrected chi connectivity index (χ2v) is 15.7. The molecule has 15 heteroatoms. The van der Waals surface area contributed by atoms with E-state index in [4.69, 9.17) is 0 Å². The molecule has 2 atom stereocenters. The van der Waals surface area contributed by atoms with E-state index in [9.17, 15) is 23.1 Å². The third-order valence-corrected chi connectivity index (χ3v) is 12.0. The molecule has 3 heterocycles. The molecule has 51 heavy (non-hydrogen) atoms. The molecule has 5 aromatic rings. The van der Waals surface area contributed by atoms with Crippen LogP contribution in [0.1, 0.15) is 73.4 Å². The van der Waals surface area contributed by atoms with Crippen molar-refractivity contribution in [3.63, 3.8) is 0 Å². The van der Waals surface area contributed by atoms with Crippen molar-refractivity contribution in [1.29, 1.82) is 0 Å². The Balaban J connectivity index is 1.45. The number of aliphatic carboxylic acids is 1. The van der Waals surface area contributed by atoms with E-state index in [1.165, 1.54) is 0 Å². The number of aromatic nitrogens is 7. The number of carbonyl (C=O) groups is 2. The Morgan fingerprint density at radius 3 is 2.51 bits per heavy atom. The van der Waals surface area contributed by atoms with E-state index in [-0.39, 0.29) is 18.4 Å². The molecule has 0 spiro atoms. The minimum Gasteiger partial charge on any atom is -0.480 e. The fourth-order valence-electron chi connectivity index (χ4n) is 7.12. The molecule has 6 rings (SSSR count). The van der Waals surface area contributed by atoms with Crippen LogP contribution in [0.2, 0.25) is 0 Å². The van der Waals surface area contributed by atoms with Crippen molar-refractivity contribution in [2.45, 2.75) is 84.8 Å². The first-order valence-corrected chi connectivity index (χ1v) is 18.5. The number of amides is 1. The minimum absolute atomic E-state index is 0.0889. The molecule has 0 unspecified atom stereocenters. The van der Waals surface area contributed by atoms with Crippen LogP contribution < -0.4 is 5.32 Å². The number of anilines is 1. The van der Waals surface area contributed by atoms with Crippen LogP contribution in [0.5, 0.6) is 0 Å². The molecule has 1 aliphatic rings. The summed E-state index contributed by atoms with van der Waals surface area (Å²) in [5, 5.41) is 32.0. The second-order valence-electron chi connectivity index (χ2n) is 13.8. The van der Waals surface area contributed by atoms with Crippen molar-refractivity contribution >= 4 is 38.9 Å². The van der Waals surface area contributed by atoms with Crippen molar-refractivity contribution in [1.82, 2.24) is 39.5 Å². The second kappa shape index (κ2) is 13.9. The Bertz CT molecular complexity index is 2230. The fourth-order valence-corrected chi connectivity index (χ4v) is 8.84. The molecular weight excluding hydrogens is 671 g/mol. The lowest BCUT2D eigenvalue weighted by Crippen LogP contribution is -2.38. The highest BCUT2D eigenvalue weighted by atomic mass is 32.2. The zero-order valence-corrected chi connectivity index (χ0v) is 30.5. The van der Waals surface area contributed by atoms with Gasteiger partial charge < -0.3 is 5.11 Å². The molecule has 3 aromatic carbocycles. The van der Waals surface area contributed by atoms with Crippen LogP contribution >= 0.6 is 0 Å². The SMILES string of the molecule is CC[C@H]1Cc2ccccc2S(=O)(=O)N(Cc2cc([C@@H](c3ccc4c(nnn4CC)c3C)C(C)(C)C(=O)Nc3nnnn3CC(=O)O)ccc2C)C1. The number of hydrogen-bond acceptors (Lipinski definition) is 9.